The third-order valence-electron chi connectivity index (χ3n) is 5.99. The summed E-state index contributed by atoms with van der Waals surface area (Å²) in [6.07, 6.45) is 2.35. The summed E-state index contributed by atoms with van der Waals surface area (Å²) in [5.74, 6) is -0.239. The summed E-state index contributed by atoms with van der Waals surface area (Å²) >= 11 is 0. The minimum Gasteiger partial charge on any atom is -0.468 e. The third kappa shape index (κ3) is 0.784. The summed E-state index contributed by atoms with van der Waals surface area (Å²) in [5.41, 5.74) is -2.06. The molecule has 0 radical (unpaired) electrons. The van der Waals surface area contributed by atoms with E-state index in [0.717, 1.165) is 12.8 Å². The lowest BCUT2D eigenvalue weighted by Gasteiger charge is -2.73. The molecule has 0 spiro atoms. The highest BCUT2D eigenvalue weighted by molar-refractivity contribution is 5.83. The van der Waals surface area contributed by atoms with Gasteiger partial charge in [-0.1, -0.05) is 27.7 Å². The Morgan fingerprint density at radius 2 is 1.69 bits per heavy atom. The van der Waals surface area contributed by atoms with Gasteiger partial charge in [-0.25, -0.2) is 0 Å². The number of methoxy groups -OCH3 is 1. The van der Waals surface area contributed by atoms with Crippen molar-refractivity contribution in [2.75, 3.05) is 7.11 Å². The number of esters is 1. The van der Waals surface area contributed by atoms with E-state index in [0.29, 0.717) is 6.42 Å². The van der Waals surface area contributed by atoms with Gasteiger partial charge < -0.3 is 9.84 Å². The van der Waals surface area contributed by atoms with E-state index in [1.807, 2.05) is 0 Å². The maximum absolute atomic E-state index is 12.1. The van der Waals surface area contributed by atoms with Crippen LogP contribution in [0, 0.1) is 16.2 Å². The molecule has 0 saturated heterocycles. The number of carbonyl (C=O) groups is 1. The van der Waals surface area contributed by atoms with E-state index in [2.05, 4.69) is 27.7 Å². The third-order valence-corrected chi connectivity index (χ3v) is 5.99. The van der Waals surface area contributed by atoms with Gasteiger partial charge in [0.2, 0.25) is 0 Å². The van der Waals surface area contributed by atoms with Gasteiger partial charge >= 0.3 is 5.97 Å². The van der Waals surface area contributed by atoms with Crippen molar-refractivity contribution in [1.29, 1.82) is 0 Å². The average Bonchev–Trinajstić information content (AvgIpc) is 2.55. The zero-order valence-electron chi connectivity index (χ0n) is 10.9. The van der Waals surface area contributed by atoms with Gasteiger partial charge in [0.25, 0.3) is 0 Å². The molecule has 0 unspecified atom stereocenters. The molecule has 3 heteroatoms. The van der Waals surface area contributed by atoms with Gasteiger partial charge in [0.15, 0.2) is 0 Å². The van der Waals surface area contributed by atoms with Gasteiger partial charge in [0, 0.05) is 5.41 Å². The zero-order chi connectivity index (χ0) is 12.4. The first kappa shape index (κ1) is 11.9. The van der Waals surface area contributed by atoms with E-state index >= 15 is 0 Å². The van der Waals surface area contributed by atoms with E-state index in [-0.39, 0.29) is 16.8 Å². The van der Waals surface area contributed by atoms with Crippen LogP contribution in [0.2, 0.25) is 0 Å². The van der Waals surface area contributed by atoms with Gasteiger partial charge in [-0.15, -0.1) is 0 Å². The minimum atomic E-state index is -0.892. The number of carbonyl (C=O) groups excluding carboxylic acids is 1. The van der Waals surface area contributed by atoms with E-state index in [1.165, 1.54) is 7.11 Å². The summed E-state index contributed by atoms with van der Waals surface area (Å²) in [4.78, 5) is 12.1. The Morgan fingerprint density at radius 1 is 1.12 bits per heavy atom. The number of ether oxygens (including phenoxy) is 1. The van der Waals surface area contributed by atoms with Crippen LogP contribution >= 0.6 is 0 Å². The van der Waals surface area contributed by atoms with Crippen molar-refractivity contribution in [3.8, 4) is 0 Å². The molecule has 0 aromatic heterocycles. The van der Waals surface area contributed by atoms with Crippen molar-refractivity contribution in [3.05, 3.63) is 0 Å². The molecule has 0 aliphatic heterocycles. The molecule has 0 bridgehead atoms. The van der Waals surface area contributed by atoms with Crippen LogP contribution in [0.15, 0.2) is 0 Å². The fourth-order valence-electron chi connectivity index (χ4n) is 4.39. The average molecular weight is 226 g/mol. The SMILES string of the molecule is COC(=O)[C@]12CCC[C@@]1(O)C(C)(C)C2(C)C. The largest absolute Gasteiger partial charge is 0.468 e. The van der Waals surface area contributed by atoms with Gasteiger partial charge in [-0.2, -0.15) is 0 Å². The summed E-state index contributed by atoms with van der Waals surface area (Å²) in [6, 6.07) is 0. The number of fused-ring (bicyclic) bond motifs is 1. The fourth-order valence-corrected chi connectivity index (χ4v) is 4.39. The van der Waals surface area contributed by atoms with Crippen LogP contribution in [-0.4, -0.2) is 23.8 Å². The predicted molar refractivity (Wildman–Crippen MR) is 60.8 cm³/mol. The molecule has 92 valence electrons. The lowest BCUT2D eigenvalue weighted by atomic mass is 9.31. The first-order chi connectivity index (χ1) is 7.19. The Kier molecular flexibility index (Phi) is 2.09. The molecular weight excluding hydrogens is 204 g/mol. The zero-order valence-corrected chi connectivity index (χ0v) is 10.9. The van der Waals surface area contributed by atoms with Gasteiger partial charge in [0.05, 0.1) is 12.7 Å². The lowest BCUT2D eigenvalue weighted by Crippen LogP contribution is -2.80. The summed E-state index contributed by atoms with van der Waals surface area (Å²) in [7, 11) is 1.41. The van der Waals surface area contributed by atoms with E-state index in [1.54, 1.807) is 0 Å². The van der Waals surface area contributed by atoms with Crippen molar-refractivity contribution in [3.63, 3.8) is 0 Å². The Hall–Kier alpha value is -0.570. The molecule has 3 nitrogen and oxygen atoms in total. The van der Waals surface area contributed by atoms with Crippen LogP contribution in [-0.2, 0) is 9.53 Å². The smallest absolute Gasteiger partial charge is 0.315 e. The van der Waals surface area contributed by atoms with Gasteiger partial charge in [0.1, 0.15) is 5.41 Å². The van der Waals surface area contributed by atoms with Crippen LogP contribution in [0.1, 0.15) is 47.0 Å². The normalized spacial score (nSPS) is 43.4. The molecule has 2 saturated carbocycles. The summed E-state index contributed by atoms with van der Waals surface area (Å²) < 4.78 is 4.95. The standard InChI is InChI=1S/C13H22O3/c1-10(2)11(3,4)13(15)8-6-7-12(10,13)9(14)16-5/h15H,6-8H2,1-5H3/t12-,13+/m0/s1. The van der Waals surface area contributed by atoms with Gasteiger partial charge in [-0.3, -0.25) is 4.79 Å². The van der Waals surface area contributed by atoms with Crippen molar-refractivity contribution < 1.29 is 14.6 Å². The predicted octanol–water partition coefficient (Wildman–Crippen LogP) is 2.13. The first-order valence-corrected chi connectivity index (χ1v) is 6.00. The topological polar surface area (TPSA) is 46.5 Å². The van der Waals surface area contributed by atoms with Gasteiger partial charge in [-0.05, 0) is 24.7 Å². The fraction of sp³-hybridized carbons (Fsp3) is 0.923. The van der Waals surface area contributed by atoms with Crippen LogP contribution in [0.4, 0.5) is 0 Å². The van der Waals surface area contributed by atoms with Crippen LogP contribution in [0.3, 0.4) is 0 Å². The molecule has 1 N–H and O–H groups in total. The van der Waals surface area contributed by atoms with E-state index in [9.17, 15) is 9.90 Å². The Balaban J connectivity index is 2.56. The van der Waals surface area contributed by atoms with Crippen molar-refractivity contribution in [1.82, 2.24) is 0 Å². The Labute approximate surface area is 97.2 Å². The number of aliphatic hydroxyl groups is 1. The highest BCUT2D eigenvalue weighted by Gasteiger charge is 2.84. The highest BCUT2D eigenvalue weighted by Crippen LogP contribution is 2.79. The lowest BCUT2D eigenvalue weighted by molar-refractivity contribution is -0.327. The second-order valence-corrected chi connectivity index (χ2v) is 6.36. The van der Waals surface area contributed by atoms with E-state index < -0.39 is 11.0 Å². The van der Waals surface area contributed by atoms with Crippen LogP contribution < -0.4 is 0 Å². The molecule has 0 aromatic carbocycles. The first-order valence-electron chi connectivity index (χ1n) is 6.00. The molecular formula is C13H22O3. The Bertz CT molecular complexity index is 345. The molecule has 2 aliphatic rings. The van der Waals surface area contributed by atoms with E-state index in [4.69, 9.17) is 4.74 Å². The number of hydrogen-bond donors (Lipinski definition) is 1. The molecule has 0 amide bonds. The molecule has 2 fully saturated rings. The van der Waals surface area contributed by atoms with Crippen LogP contribution in [0.5, 0.6) is 0 Å². The molecule has 16 heavy (non-hydrogen) atoms. The second kappa shape index (κ2) is 2.81. The Morgan fingerprint density at radius 3 is 2.19 bits per heavy atom. The van der Waals surface area contributed by atoms with Crippen molar-refractivity contribution in [2.45, 2.75) is 52.6 Å². The monoisotopic (exact) mass is 226 g/mol. The molecule has 2 atom stereocenters. The molecule has 0 heterocycles. The minimum absolute atomic E-state index is 0.224. The quantitative estimate of drug-likeness (QED) is 0.697. The van der Waals surface area contributed by atoms with Crippen molar-refractivity contribution in [2.24, 2.45) is 16.2 Å². The molecule has 2 aliphatic carbocycles. The van der Waals surface area contributed by atoms with Crippen LogP contribution in [0.25, 0.3) is 0 Å². The molecule has 2 rings (SSSR count). The highest BCUT2D eigenvalue weighted by atomic mass is 16.5. The summed E-state index contributed by atoms with van der Waals surface area (Å²) in [6.45, 7) is 8.26. The summed E-state index contributed by atoms with van der Waals surface area (Å²) in [5, 5.41) is 10.9. The number of rotatable bonds is 1. The second-order valence-electron chi connectivity index (χ2n) is 6.36. The molecule has 0 aromatic rings. The maximum atomic E-state index is 12.1. The number of hydrogen-bond acceptors (Lipinski definition) is 3. The van der Waals surface area contributed by atoms with Crippen molar-refractivity contribution >= 4 is 5.97 Å². The maximum Gasteiger partial charge on any atom is 0.315 e.